The summed E-state index contributed by atoms with van der Waals surface area (Å²) < 4.78 is 13.7. The fraction of sp³-hybridized carbons (Fsp3) is 0.278. The summed E-state index contributed by atoms with van der Waals surface area (Å²) in [5.74, 6) is 0.284. The maximum absolute atomic E-state index is 13.7. The van der Waals surface area contributed by atoms with Crippen molar-refractivity contribution in [3.05, 3.63) is 63.4 Å². The molecule has 122 valence electrons. The number of benzene rings is 2. The summed E-state index contributed by atoms with van der Waals surface area (Å²) in [4.78, 5) is 12.1. The molecule has 0 saturated carbocycles. The lowest BCUT2D eigenvalue weighted by molar-refractivity contribution is -0.113. The van der Waals surface area contributed by atoms with Crippen LogP contribution in [0.4, 0.5) is 10.1 Å². The smallest absolute Gasteiger partial charge is 0.234 e. The number of aryl methyl sites for hydroxylation is 3. The molecule has 2 aromatic carbocycles. The highest BCUT2D eigenvalue weighted by Crippen LogP contribution is 2.23. The quantitative estimate of drug-likeness (QED) is 0.794. The van der Waals surface area contributed by atoms with E-state index >= 15 is 0 Å². The first-order valence-electron chi connectivity index (χ1n) is 7.26. The van der Waals surface area contributed by atoms with Crippen LogP contribution in [0.2, 0.25) is 5.02 Å². The third-order valence-electron chi connectivity index (χ3n) is 3.45. The van der Waals surface area contributed by atoms with Crippen molar-refractivity contribution in [1.29, 1.82) is 0 Å². The van der Waals surface area contributed by atoms with E-state index in [1.54, 1.807) is 12.1 Å². The fourth-order valence-corrected chi connectivity index (χ4v) is 3.42. The molecule has 2 rings (SSSR count). The van der Waals surface area contributed by atoms with Crippen molar-refractivity contribution in [2.24, 2.45) is 0 Å². The Hall–Kier alpha value is -1.52. The monoisotopic (exact) mass is 351 g/mol. The van der Waals surface area contributed by atoms with Crippen molar-refractivity contribution >= 4 is 35.0 Å². The summed E-state index contributed by atoms with van der Waals surface area (Å²) >= 11 is 7.09. The van der Waals surface area contributed by atoms with Crippen LogP contribution in [0.1, 0.15) is 22.3 Å². The van der Waals surface area contributed by atoms with Crippen LogP contribution in [0.3, 0.4) is 0 Å². The molecule has 5 heteroatoms. The Morgan fingerprint density at radius 3 is 2.43 bits per heavy atom. The molecule has 0 spiro atoms. The van der Waals surface area contributed by atoms with Gasteiger partial charge in [0, 0.05) is 16.5 Å². The summed E-state index contributed by atoms with van der Waals surface area (Å²) in [6, 6.07) is 8.67. The number of nitrogens with one attached hydrogen (secondary N) is 1. The zero-order chi connectivity index (χ0) is 17.0. The minimum absolute atomic E-state index is 0.0839. The van der Waals surface area contributed by atoms with Crippen LogP contribution in [0.15, 0.2) is 30.3 Å². The van der Waals surface area contributed by atoms with Crippen molar-refractivity contribution < 1.29 is 9.18 Å². The lowest BCUT2D eigenvalue weighted by atomic mass is 10.1. The SMILES string of the molecule is Cc1cc(C)c(NC(=O)CSCc2ccc(Cl)cc2F)c(C)c1. The molecular weight excluding hydrogens is 333 g/mol. The van der Waals surface area contributed by atoms with E-state index in [-0.39, 0.29) is 17.5 Å². The number of amides is 1. The number of thioether (sulfide) groups is 1. The first-order valence-corrected chi connectivity index (χ1v) is 8.79. The van der Waals surface area contributed by atoms with Gasteiger partial charge in [-0.2, -0.15) is 0 Å². The number of rotatable bonds is 5. The Morgan fingerprint density at radius 2 is 1.83 bits per heavy atom. The number of hydrogen-bond acceptors (Lipinski definition) is 2. The molecule has 0 aliphatic carbocycles. The van der Waals surface area contributed by atoms with Gasteiger partial charge in [-0.3, -0.25) is 4.79 Å². The average Bonchev–Trinajstić information content (AvgIpc) is 2.45. The molecule has 0 heterocycles. The second kappa shape index (κ2) is 7.84. The third kappa shape index (κ3) is 4.98. The zero-order valence-corrected chi connectivity index (χ0v) is 14.9. The number of hydrogen-bond donors (Lipinski definition) is 1. The molecule has 2 aromatic rings. The molecule has 23 heavy (non-hydrogen) atoms. The van der Waals surface area contributed by atoms with Crippen molar-refractivity contribution in [2.75, 3.05) is 11.1 Å². The van der Waals surface area contributed by atoms with Crippen molar-refractivity contribution in [3.8, 4) is 0 Å². The summed E-state index contributed by atoms with van der Waals surface area (Å²) in [5, 5.41) is 3.32. The summed E-state index contributed by atoms with van der Waals surface area (Å²) in [7, 11) is 0. The third-order valence-corrected chi connectivity index (χ3v) is 4.66. The minimum atomic E-state index is -0.337. The largest absolute Gasteiger partial charge is 0.325 e. The lowest BCUT2D eigenvalue weighted by Gasteiger charge is -2.12. The van der Waals surface area contributed by atoms with Crippen LogP contribution in [0, 0.1) is 26.6 Å². The van der Waals surface area contributed by atoms with E-state index in [2.05, 4.69) is 5.32 Å². The van der Waals surface area contributed by atoms with E-state index in [0.29, 0.717) is 16.3 Å². The Bertz CT molecular complexity index is 710. The standard InChI is InChI=1S/C18H19ClFNOS/c1-11-6-12(2)18(13(3)7-11)21-17(22)10-23-9-14-4-5-15(19)8-16(14)20/h4-8H,9-10H2,1-3H3,(H,21,22). The second-order valence-electron chi connectivity index (χ2n) is 5.55. The molecule has 0 aliphatic heterocycles. The molecule has 0 bridgehead atoms. The number of carbonyl (C=O) groups excluding carboxylic acids is 1. The van der Waals surface area contributed by atoms with E-state index in [1.807, 2.05) is 32.9 Å². The molecule has 1 N–H and O–H groups in total. The van der Waals surface area contributed by atoms with Crippen LogP contribution in [-0.2, 0) is 10.5 Å². The van der Waals surface area contributed by atoms with Crippen LogP contribution in [0.25, 0.3) is 0 Å². The van der Waals surface area contributed by atoms with Crippen LogP contribution in [0.5, 0.6) is 0 Å². The first kappa shape index (κ1) is 17.8. The molecule has 0 aliphatic rings. The Labute approximate surface area is 145 Å². The molecule has 0 atom stereocenters. The maximum Gasteiger partial charge on any atom is 0.234 e. The molecule has 0 unspecified atom stereocenters. The normalized spacial score (nSPS) is 10.7. The Kier molecular flexibility index (Phi) is 6.08. The predicted octanol–water partition coefficient (Wildman–Crippen LogP) is 5.28. The van der Waals surface area contributed by atoms with Crippen LogP contribution >= 0.6 is 23.4 Å². The number of anilines is 1. The maximum atomic E-state index is 13.7. The van der Waals surface area contributed by atoms with Gasteiger partial charge in [-0.1, -0.05) is 35.4 Å². The first-order chi connectivity index (χ1) is 10.9. The fourth-order valence-electron chi connectivity index (χ4n) is 2.45. The highest BCUT2D eigenvalue weighted by Gasteiger charge is 2.09. The highest BCUT2D eigenvalue weighted by atomic mass is 35.5. The van der Waals surface area contributed by atoms with Gasteiger partial charge >= 0.3 is 0 Å². The van der Waals surface area contributed by atoms with E-state index in [1.165, 1.54) is 23.4 Å². The molecule has 2 nitrogen and oxygen atoms in total. The van der Waals surface area contributed by atoms with Gasteiger partial charge < -0.3 is 5.32 Å². The molecule has 0 fully saturated rings. The Morgan fingerprint density at radius 1 is 1.17 bits per heavy atom. The van der Waals surface area contributed by atoms with Crippen molar-refractivity contribution in [1.82, 2.24) is 0 Å². The van der Waals surface area contributed by atoms with Crippen LogP contribution in [-0.4, -0.2) is 11.7 Å². The van der Waals surface area contributed by atoms with Gasteiger partial charge in [0.2, 0.25) is 5.91 Å². The molecule has 0 radical (unpaired) electrons. The van der Waals surface area contributed by atoms with Gasteiger partial charge in [0.25, 0.3) is 0 Å². The average molecular weight is 352 g/mol. The number of halogens is 2. The van der Waals surface area contributed by atoms with Crippen LogP contribution < -0.4 is 5.32 Å². The molecular formula is C18H19ClFNOS. The van der Waals surface area contributed by atoms with Gasteiger partial charge in [-0.15, -0.1) is 11.8 Å². The van der Waals surface area contributed by atoms with Gasteiger partial charge in [0.1, 0.15) is 5.82 Å². The van der Waals surface area contributed by atoms with E-state index in [9.17, 15) is 9.18 Å². The van der Waals surface area contributed by atoms with Gasteiger partial charge in [0.15, 0.2) is 0 Å². The predicted molar refractivity (Wildman–Crippen MR) is 96.9 cm³/mol. The molecule has 0 saturated heterocycles. The van der Waals surface area contributed by atoms with Gasteiger partial charge in [0.05, 0.1) is 5.75 Å². The molecule has 0 aromatic heterocycles. The summed E-state index contributed by atoms with van der Waals surface area (Å²) in [5.41, 5.74) is 4.67. The second-order valence-corrected chi connectivity index (χ2v) is 6.97. The zero-order valence-electron chi connectivity index (χ0n) is 13.4. The lowest BCUT2D eigenvalue weighted by Crippen LogP contribution is -2.16. The van der Waals surface area contributed by atoms with E-state index in [0.717, 1.165) is 16.8 Å². The van der Waals surface area contributed by atoms with Gasteiger partial charge in [-0.25, -0.2) is 4.39 Å². The highest BCUT2D eigenvalue weighted by molar-refractivity contribution is 7.99. The molecule has 1 amide bonds. The minimum Gasteiger partial charge on any atom is -0.325 e. The topological polar surface area (TPSA) is 29.1 Å². The number of carbonyl (C=O) groups is 1. The van der Waals surface area contributed by atoms with Crippen molar-refractivity contribution in [2.45, 2.75) is 26.5 Å². The van der Waals surface area contributed by atoms with E-state index < -0.39 is 0 Å². The summed E-state index contributed by atoms with van der Waals surface area (Å²) in [6.45, 7) is 5.99. The van der Waals surface area contributed by atoms with Gasteiger partial charge in [-0.05, 0) is 49.6 Å². The Balaban J connectivity index is 1.91. The summed E-state index contributed by atoms with van der Waals surface area (Å²) in [6.07, 6.45) is 0. The van der Waals surface area contributed by atoms with Crippen molar-refractivity contribution in [3.63, 3.8) is 0 Å². The van der Waals surface area contributed by atoms with E-state index in [4.69, 9.17) is 11.6 Å².